The van der Waals surface area contributed by atoms with Gasteiger partial charge in [0.1, 0.15) is 0 Å². The second-order valence-corrected chi connectivity index (χ2v) is 5.12. The Kier molecular flexibility index (Phi) is 12.9. The Balaban J connectivity index is 2.88. The summed E-state index contributed by atoms with van der Waals surface area (Å²) in [5.41, 5.74) is 0. The van der Waals surface area contributed by atoms with Crippen LogP contribution in [0.1, 0.15) is 59.3 Å². The molecule has 0 aliphatic rings. The number of unbranched alkanes of at least 4 members (excludes halogenated alkanes) is 4. The summed E-state index contributed by atoms with van der Waals surface area (Å²) < 4.78 is 0. The van der Waals surface area contributed by atoms with Crippen LogP contribution in [0.2, 0.25) is 0 Å². The van der Waals surface area contributed by atoms with E-state index >= 15 is 0 Å². The van der Waals surface area contributed by atoms with Gasteiger partial charge in [0.2, 0.25) is 0 Å². The van der Waals surface area contributed by atoms with Crippen molar-refractivity contribution in [1.82, 2.24) is 10.6 Å². The van der Waals surface area contributed by atoms with Crippen molar-refractivity contribution in [2.24, 2.45) is 5.92 Å². The highest BCUT2D eigenvalue weighted by molar-refractivity contribution is 4.54. The highest BCUT2D eigenvalue weighted by Gasteiger charge is 1.93. The summed E-state index contributed by atoms with van der Waals surface area (Å²) in [5, 5.41) is 6.97. The first-order valence-corrected chi connectivity index (χ1v) is 7.18. The van der Waals surface area contributed by atoms with Crippen LogP contribution in [0.4, 0.5) is 0 Å². The fraction of sp³-hybridized carbons (Fsp3) is 1.00. The van der Waals surface area contributed by atoms with Crippen LogP contribution in [0.15, 0.2) is 0 Å². The van der Waals surface area contributed by atoms with E-state index in [9.17, 15) is 0 Å². The molecule has 0 atom stereocenters. The first kappa shape index (κ1) is 15.9. The molecule has 0 bridgehead atoms. The molecule has 0 radical (unpaired) electrons. The molecule has 0 rings (SSSR count). The summed E-state index contributed by atoms with van der Waals surface area (Å²) in [7, 11) is 0. The monoisotopic (exact) mass is 228 g/mol. The molecule has 2 N–H and O–H groups in total. The molecule has 2 nitrogen and oxygen atoms in total. The normalized spacial score (nSPS) is 11.2. The minimum absolute atomic E-state index is 0.770. The van der Waals surface area contributed by atoms with Crippen LogP contribution >= 0.6 is 0 Å². The predicted octanol–water partition coefficient (Wildman–Crippen LogP) is 3.18. The molecule has 0 fully saturated rings. The van der Waals surface area contributed by atoms with E-state index < -0.39 is 0 Å². The number of nitrogens with one attached hydrogen (secondary N) is 2. The van der Waals surface area contributed by atoms with Gasteiger partial charge in [-0.25, -0.2) is 0 Å². The van der Waals surface area contributed by atoms with Crippen LogP contribution in [0.25, 0.3) is 0 Å². The van der Waals surface area contributed by atoms with E-state index in [1.54, 1.807) is 0 Å². The summed E-state index contributed by atoms with van der Waals surface area (Å²) in [6, 6.07) is 0. The molecule has 0 spiro atoms. The molecule has 0 saturated heterocycles. The van der Waals surface area contributed by atoms with E-state index in [-0.39, 0.29) is 0 Å². The summed E-state index contributed by atoms with van der Waals surface area (Å²) in [4.78, 5) is 0. The zero-order valence-electron chi connectivity index (χ0n) is 11.6. The third kappa shape index (κ3) is 13.9. The Morgan fingerprint density at radius 2 is 1.38 bits per heavy atom. The lowest BCUT2D eigenvalue weighted by atomic mass is 10.1. The third-order valence-electron chi connectivity index (χ3n) is 2.72. The molecule has 98 valence electrons. The van der Waals surface area contributed by atoms with Crippen molar-refractivity contribution >= 4 is 0 Å². The maximum absolute atomic E-state index is 3.51. The average molecular weight is 228 g/mol. The van der Waals surface area contributed by atoms with Crippen molar-refractivity contribution in [3.8, 4) is 0 Å². The highest BCUT2D eigenvalue weighted by Crippen LogP contribution is 2.00. The van der Waals surface area contributed by atoms with Gasteiger partial charge in [-0.15, -0.1) is 0 Å². The second kappa shape index (κ2) is 13.0. The van der Waals surface area contributed by atoms with Gasteiger partial charge >= 0.3 is 0 Å². The maximum atomic E-state index is 3.51. The topological polar surface area (TPSA) is 24.1 Å². The number of hydrogen-bond donors (Lipinski definition) is 2. The van der Waals surface area contributed by atoms with Crippen LogP contribution in [0.3, 0.4) is 0 Å². The molecule has 0 saturated carbocycles. The predicted molar refractivity (Wildman–Crippen MR) is 74.0 cm³/mol. The lowest BCUT2D eigenvalue weighted by Crippen LogP contribution is -2.25. The Morgan fingerprint density at radius 3 is 2.06 bits per heavy atom. The molecule has 0 heterocycles. The Bertz CT molecular complexity index is 124. The summed E-state index contributed by atoms with van der Waals surface area (Å²) in [6.45, 7) is 11.4. The SMILES string of the molecule is CCCCCCCNCCCNCC(C)C. The van der Waals surface area contributed by atoms with Gasteiger partial charge in [0.15, 0.2) is 0 Å². The van der Waals surface area contributed by atoms with E-state index in [4.69, 9.17) is 0 Å². The molecule has 0 unspecified atom stereocenters. The lowest BCUT2D eigenvalue weighted by molar-refractivity contribution is 0.523. The van der Waals surface area contributed by atoms with E-state index in [0.717, 1.165) is 19.0 Å². The molecule has 0 aliphatic carbocycles. The molecule has 0 aromatic rings. The summed E-state index contributed by atoms with van der Waals surface area (Å²) in [6.07, 6.45) is 8.15. The van der Waals surface area contributed by atoms with Gasteiger partial charge in [-0.05, 0) is 44.9 Å². The van der Waals surface area contributed by atoms with Crippen molar-refractivity contribution in [2.45, 2.75) is 59.3 Å². The molecule has 2 heteroatoms. The van der Waals surface area contributed by atoms with Crippen LogP contribution in [-0.2, 0) is 0 Å². The first-order chi connectivity index (χ1) is 7.77. The molecule has 0 aromatic heterocycles. The van der Waals surface area contributed by atoms with Gasteiger partial charge in [-0.1, -0.05) is 46.5 Å². The van der Waals surface area contributed by atoms with Crippen LogP contribution < -0.4 is 10.6 Å². The fourth-order valence-corrected chi connectivity index (χ4v) is 1.71. The van der Waals surface area contributed by atoms with Crippen LogP contribution in [0, 0.1) is 5.92 Å². The summed E-state index contributed by atoms with van der Waals surface area (Å²) in [5.74, 6) is 0.770. The van der Waals surface area contributed by atoms with E-state index in [2.05, 4.69) is 31.4 Å². The summed E-state index contributed by atoms with van der Waals surface area (Å²) >= 11 is 0. The van der Waals surface area contributed by atoms with E-state index in [0.29, 0.717) is 0 Å². The standard InChI is InChI=1S/C14H32N2/c1-4-5-6-7-8-10-15-11-9-12-16-13-14(2)3/h14-16H,4-13H2,1-3H3. The van der Waals surface area contributed by atoms with Crippen molar-refractivity contribution in [3.63, 3.8) is 0 Å². The van der Waals surface area contributed by atoms with Crippen LogP contribution in [0.5, 0.6) is 0 Å². The van der Waals surface area contributed by atoms with Crippen LogP contribution in [-0.4, -0.2) is 26.2 Å². The maximum Gasteiger partial charge on any atom is -0.00258 e. The smallest absolute Gasteiger partial charge is 0.00258 e. The first-order valence-electron chi connectivity index (χ1n) is 7.18. The van der Waals surface area contributed by atoms with Gasteiger partial charge in [0.25, 0.3) is 0 Å². The van der Waals surface area contributed by atoms with Crippen molar-refractivity contribution in [3.05, 3.63) is 0 Å². The van der Waals surface area contributed by atoms with Crippen molar-refractivity contribution in [1.29, 1.82) is 0 Å². The number of rotatable bonds is 12. The van der Waals surface area contributed by atoms with Gasteiger partial charge < -0.3 is 10.6 Å². The van der Waals surface area contributed by atoms with E-state index in [1.165, 1.54) is 51.6 Å². The quantitative estimate of drug-likeness (QED) is 0.501. The minimum atomic E-state index is 0.770. The number of hydrogen-bond acceptors (Lipinski definition) is 2. The molecular formula is C14H32N2. The third-order valence-corrected chi connectivity index (χ3v) is 2.72. The lowest BCUT2D eigenvalue weighted by Gasteiger charge is -2.08. The Labute approximate surface area is 103 Å². The van der Waals surface area contributed by atoms with Gasteiger partial charge in [0, 0.05) is 0 Å². The Hall–Kier alpha value is -0.0800. The Morgan fingerprint density at radius 1 is 0.750 bits per heavy atom. The molecule has 0 aromatic carbocycles. The largest absolute Gasteiger partial charge is 0.317 e. The fourth-order valence-electron chi connectivity index (χ4n) is 1.71. The average Bonchev–Trinajstić information content (AvgIpc) is 2.25. The van der Waals surface area contributed by atoms with Crippen molar-refractivity contribution in [2.75, 3.05) is 26.2 Å². The molecular weight excluding hydrogens is 196 g/mol. The zero-order chi connectivity index (χ0) is 12.1. The molecule has 0 amide bonds. The minimum Gasteiger partial charge on any atom is -0.317 e. The molecule has 16 heavy (non-hydrogen) atoms. The second-order valence-electron chi connectivity index (χ2n) is 5.12. The molecule has 0 aliphatic heterocycles. The van der Waals surface area contributed by atoms with Gasteiger partial charge in [0.05, 0.1) is 0 Å². The highest BCUT2D eigenvalue weighted by atomic mass is 14.9. The van der Waals surface area contributed by atoms with Crippen molar-refractivity contribution < 1.29 is 0 Å². The van der Waals surface area contributed by atoms with Gasteiger partial charge in [-0.3, -0.25) is 0 Å². The van der Waals surface area contributed by atoms with E-state index in [1.807, 2.05) is 0 Å². The van der Waals surface area contributed by atoms with Gasteiger partial charge in [-0.2, -0.15) is 0 Å². The zero-order valence-corrected chi connectivity index (χ0v) is 11.6.